The molecule has 0 heterocycles. The highest BCUT2D eigenvalue weighted by molar-refractivity contribution is 7.80. The Morgan fingerprint density at radius 2 is 2.57 bits per heavy atom. The Morgan fingerprint density at radius 3 is 2.71 bits per heavy atom. The Labute approximate surface area is 49.9 Å². The first kappa shape index (κ1) is 6.87. The summed E-state index contributed by atoms with van der Waals surface area (Å²) in [6, 6.07) is 0. The van der Waals surface area contributed by atoms with Crippen LogP contribution in [-0.4, -0.2) is 11.9 Å². The lowest BCUT2D eigenvalue weighted by Gasteiger charge is -1.99. The predicted molar refractivity (Wildman–Crippen MR) is 35.3 cm³/mol. The van der Waals surface area contributed by atoms with Gasteiger partial charge in [-0.3, -0.25) is 5.32 Å². The van der Waals surface area contributed by atoms with Gasteiger partial charge in [0.15, 0.2) is 0 Å². The molecular weight excluding hydrogens is 106 g/mol. The first-order chi connectivity index (χ1) is 3.27. The summed E-state index contributed by atoms with van der Waals surface area (Å²) in [6.45, 7) is 2.53. The van der Waals surface area contributed by atoms with Gasteiger partial charge in [0.25, 0.3) is 0 Å². The molecule has 0 aromatic carbocycles. The molecule has 0 aliphatic rings. The van der Waals surface area contributed by atoms with Gasteiger partial charge in [-0.15, -0.1) is 6.42 Å². The zero-order chi connectivity index (χ0) is 5.70. The normalized spacial score (nSPS) is 12.7. The minimum atomic E-state index is 0.205. The number of hydrogen-bond donors (Lipinski definition) is 2. The molecule has 0 radical (unpaired) electrons. The van der Waals surface area contributed by atoms with E-state index < -0.39 is 0 Å². The van der Waals surface area contributed by atoms with Crippen molar-refractivity contribution in [2.24, 2.45) is 0 Å². The maximum Gasteiger partial charge on any atom is 0.0582 e. The van der Waals surface area contributed by atoms with E-state index in [4.69, 9.17) is 6.42 Å². The lowest BCUT2D eigenvalue weighted by atomic mass is 10.6. The summed E-state index contributed by atoms with van der Waals surface area (Å²) in [5.74, 6) is 2.44. The van der Waals surface area contributed by atoms with Crippen LogP contribution in [0.2, 0.25) is 0 Å². The van der Waals surface area contributed by atoms with Gasteiger partial charge in [0, 0.05) is 5.37 Å². The van der Waals surface area contributed by atoms with Crippen molar-refractivity contribution in [1.82, 2.24) is 5.32 Å². The molecule has 0 aromatic heterocycles. The quantitative estimate of drug-likeness (QED) is 0.303. The molecule has 0 fully saturated rings. The Hall–Kier alpha value is -0.130. The number of terminal acetylenes is 1. The van der Waals surface area contributed by atoms with Gasteiger partial charge in [0.05, 0.1) is 6.54 Å². The zero-order valence-corrected chi connectivity index (χ0v) is 5.20. The Morgan fingerprint density at radius 1 is 2.00 bits per heavy atom. The molecule has 1 atom stereocenters. The fraction of sp³-hybridized carbons (Fsp3) is 0.600. The van der Waals surface area contributed by atoms with Crippen molar-refractivity contribution in [1.29, 1.82) is 0 Å². The van der Waals surface area contributed by atoms with Gasteiger partial charge in [-0.2, -0.15) is 12.6 Å². The van der Waals surface area contributed by atoms with Crippen LogP contribution in [0.25, 0.3) is 0 Å². The van der Waals surface area contributed by atoms with Crippen LogP contribution in [0.3, 0.4) is 0 Å². The summed E-state index contributed by atoms with van der Waals surface area (Å²) in [4.78, 5) is 0. The number of nitrogens with one attached hydrogen (secondary N) is 1. The van der Waals surface area contributed by atoms with Crippen LogP contribution in [0, 0.1) is 12.3 Å². The van der Waals surface area contributed by atoms with E-state index in [1.165, 1.54) is 0 Å². The van der Waals surface area contributed by atoms with Gasteiger partial charge in [-0.25, -0.2) is 0 Å². The largest absolute Gasteiger partial charge is 0.295 e. The molecule has 0 aliphatic heterocycles. The van der Waals surface area contributed by atoms with E-state index >= 15 is 0 Å². The Balaban J connectivity index is 2.86. The van der Waals surface area contributed by atoms with Crippen molar-refractivity contribution in [2.75, 3.05) is 6.54 Å². The van der Waals surface area contributed by atoms with Crippen molar-refractivity contribution in [3.8, 4) is 12.3 Å². The van der Waals surface area contributed by atoms with Crippen molar-refractivity contribution >= 4 is 12.6 Å². The van der Waals surface area contributed by atoms with Crippen LogP contribution in [0.15, 0.2) is 0 Å². The average Bonchev–Trinajstić information content (AvgIpc) is 1.61. The van der Waals surface area contributed by atoms with Gasteiger partial charge in [0.1, 0.15) is 0 Å². The molecular formula is C5H9NS. The highest BCUT2D eigenvalue weighted by Gasteiger charge is 1.84. The molecule has 0 saturated carbocycles. The summed E-state index contributed by atoms with van der Waals surface area (Å²) in [5.41, 5.74) is 0. The number of rotatable bonds is 2. The van der Waals surface area contributed by atoms with E-state index in [1.807, 2.05) is 6.92 Å². The second kappa shape index (κ2) is 4.04. The van der Waals surface area contributed by atoms with Crippen molar-refractivity contribution in [3.63, 3.8) is 0 Å². The molecule has 1 nitrogen and oxygen atoms in total. The highest BCUT2D eigenvalue weighted by atomic mass is 32.1. The number of thiol groups is 1. The van der Waals surface area contributed by atoms with Crippen LogP contribution < -0.4 is 5.32 Å². The van der Waals surface area contributed by atoms with Gasteiger partial charge < -0.3 is 0 Å². The van der Waals surface area contributed by atoms with Gasteiger partial charge in [0.2, 0.25) is 0 Å². The Kier molecular flexibility index (Phi) is 3.97. The summed E-state index contributed by atoms with van der Waals surface area (Å²) in [6.07, 6.45) is 4.93. The molecule has 0 amide bonds. The van der Waals surface area contributed by atoms with E-state index in [0.29, 0.717) is 6.54 Å². The third kappa shape index (κ3) is 5.87. The molecule has 1 unspecified atom stereocenters. The first-order valence-electron chi connectivity index (χ1n) is 2.12. The number of hydrogen-bond acceptors (Lipinski definition) is 2. The third-order valence-corrected chi connectivity index (χ3v) is 0.682. The molecule has 0 aromatic rings. The molecule has 0 rings (SSSR count). The van der Waals surface area contributed by atoms with Crippen molar-refractivity contribution < 1.29 is 0 Å². The molecule has 2 heteroatoms. The summed E-state index contributed by atoms with van der Waals surface area (Å²) >= 11 is 4.03. The van der Waals surface area contributed by atoms with Crippen LogP contribution in [-0.2, 0) is 0 Å². The van der Waals surface area contributed by atoms with E-state index in [9.17, 15) is 0 Å². The maximum atomic E-state index is 4.93. The zero-order valence-electron chi connectivity index (χ0n) is 4.31. The molecule has 7 heavy (non-hydrogen) atoms. The fourth-order valence-electron chi connectivity index (χ4n) is 0.207. The van der Waals surface area contributed by atoms with Gasteiger partial charge >= 0.3 is 0 Å². The third-order valence-electron chi connectivity index (χ3n) is 0.500. The molecule has 1 N–H and O–H groups in total. The molecule has 40 valence electrons. The van der Waals surface area contributed by atoms with Crippen molar-refractivity contribution in [3.05, 3.63) is 0 Å². The fourth-order valence-corrected chi connectivity index (χ4v) is 0.298. The standard InChI is InChI=1S/C5H9NS/c1-3-4-6-5(2)7/h1,5-7H,4H2,2H3. The molecule has 0 bridgehead atoms. The average molecular weight is 115 g/mol. The van der Waals surface area contributed by atoms with Gasteiger partial charge in [-0.1, -0.05) is 5.92 Å². The Bertz CT molecular complexity index is 72.6. The van der Waals surface area contributed by atoms with Crippen LogP contribution in [0.5, 0.6) is 0 Å². The molecule has 0 saturated heterocycles. The van der Waals surface area contributed by atoms with Crippen molar-refractivity contribution in [2.45, 2.75) is 12.3 Å². The lowest BCUT2D eigenvalue weighted by molar-refractivity contribution is 0.766. The summed E-state index contributed by atoms with van der Waals surface area (Å²) < 4.78 is 0. The molecule has 0 spiro atoms. The second-order valence-corrected chi connectivity index (χ2v) is 2.04. The van der Waals surface area contributed by atoms with Crippen LogP contribution in [0.4, 0.5) is 0 Å². The molecule has 0 aliphatic carbocycles. The van der Waals surface area contributed by atoms with E-state index in [2.05, 4.69) is 23.9 Å². The minimum absolute atomic E-state index is 0.205. The van der Waals surface area contributed by atoms with Crippen LogP contribution in [0.1, 0.15) is 6.92 Å². The van der Waals surface area contributed by atoms with E-state index in [1.54, 1.807) is 0 Å². The van der Waals surface area contributed by atoms with E-state index in [-0.39, 0.29) is 5.37 Å². The van der Waals surface area contributed by atoms with E-state index in [0.717, 1.165) is 0 Å². The highest BCUT2D eigenvalue weighted by Crippen LogP contribution is 1.81. The summed E-state index contributed by atoms with van der Waals surface area (Å²) in [7, 11) is 0. The SMILES string of the molecule is C#CCNC(C)S. The van der Waals surface area contributed by atoms with Crippen LogP contribution >= 0.6 is 12.6 Å². The topological polar surface area (TPSA) is 12.0 Å². The lowest BCUT2D eigenvalue weighted by Crippen LogP contribution is -2.20. The first-order valence-corrected chi connectivity index (χ1v) is 2.64. The second-order valence-electron chi connectivity index (χ2n) is 1.26. The summed E-state index contributed by atoms with van der Waals surface area (Å²) in [5, 5.41) is 3.13. The smallest absolute Gasteiger partial charge is 0.0582 e. The minimum Gasteiger partial charge on any atom is -0.295 e. The monoisotopic (exact) mass is 115 g/mol. The van der Waals surface area contributed by atoms with Gasteiger partial charge in [-0.05, 0) is 6.92 Å². The maximum absolute atomic E-state index is 4.93. The predicted octanol–water partition coefficient (Wildman–Crippen LogP) is 0.485.